The van der Waals surface area contributed by atoms with Crippen LogP contribution in [0.4, 0.5) is 11.4 Å². The number of hydrogen-bond acceptors (Lipinski definition) is 7. The van der Waals surface area contributed by atoms with Crippen LogP contribution >= 0.6 is 23.4 Å². The minimum Gasteiger partial charge on any atom is -0.384 e. The summed E-state index contributed by atoms with van der Waals surface area (Å²) in [6.45, 7) is 4.06. The van der Waals surface area contributed by atoms with Gasteiger partial charge < -0.3 is 5.73 Å². The molecule has 9 heteroatoms. The number of halogens is 1. The van der Waals surface area contributed by atoms with Gasteiger partial charge in [0.1, 0.15) is 10.8 Å². The Hall–Kier alpha value is -4.06. The molecule has 0 fully saturated rings. The summed E-state index contributed by atoms with van der Waals surface area (Å²) in [5.41, 5.74) is 13.7. The summed E-state index contributed by atoms with van der Waals surface area (Å²) in [5, 5.41) is 22.1. The molecule has 2 aliphatic rings. The van der Waals surface area contributed by atoms with Crippen molar-refractivity contribution in [3.05, 3.63) is 126 Å². The van der Waals surface area contributed by atoms with Crippen molar-refractivity contribution < 1.29 is 9.72 Å². The number of Topliss-reactive ketones (excluding diaryl/α,β-unsaturated/α-hetero) is 1. The third kappa shape index (κ3) is 5.48. The number of nitrogens with two attached hydrogens (primary N) is 1. The molecule has 0 saturated carbocycles. The smallest absolute Gasteiger partial charge is 0.289 e. The zero-order valence-electron chi connectivity index (χ0n) is 22.8. The lowest BCUT2D eigenvalue weighted by atomic mass is 9.73. The van der Waals surface area contributed by atoms with Gasteiger partial charge in [-0.25, -0.2) is 0 Å². The standard InChI is InChI=1S/C32H29ClN4O3S/c1-19-13-22(18-41-17-21-7-4-3-5-8-21)20(2)24(14-19)30-25(16-34)32(35)36(27-9-6-10-29(38)31(27)30)23-11-12-26(33)28(15-23)37(39)40/h3-5,7-8,11-15,30H,6,9-10,17-18,35H2,1-2H3. The van der Waals surface area contributed by atoms with Crippen LogP contribution in [0.15, 0.2) is 83.3 Å². The van der Waals surface area contributed by atoms with Gasteiger partial charge in [0.2, 0.25) is 0 Å². The molecule has 1 aliphatic heterocycles. The van der Waals surface area contributed by atoms with E-state index < -0.39 is 10.8 Å². The number of anilines is 1. The van der Waals surface area contributed by atoms with Gasteiger partial charge in [0.15, 0.2) is 5.78 Å². The van der Waals surface area contributed by atoms with Crippen molar-refractivity contribution in [3.8, 4) is 6.07 Å². The summed E-state index contributed by atoms with van der Waals surface area (Å²) in [6, 6.07) is 21.2. The summed E-state index contributed by atoms with van der Waals surface area (Å²) >= 11 is 7.90. The normalized spacial score (nSPS) is 17.0. The van der Waals surface area contributed by atoms with Gasteiger partial charge in [-0.2, -0.15) is 17.0 Å². The molecule has 1 heterocycles. The van der Waals surface area contributed by atoms with Crippen LogP contribution in [0.5, 0.6) is 0 Å². The van der Waals surface area contributed by atoms with Crippen LogP contribution < -0.4 is 10.6 Å². The number of benzene rings is 3. The zero-order valence-corrected chi connectivity index (χ0v) is 24.4. The number of thioether (sulfide) groups is 1. The van der Waals surface area contributed by atoms with Gasteiger partial charge in [-0.3, -0.25) is 19.8 Å². The summed E-state index contributed by atoms with van der Waals surface area (Å²) in [6.07, 6.45) is 1.55. The predicted molar refractivity (Wildman–Crippen MR) is 163 cm³/mol. The Bertz CT molecular complexity index is 1660. The maximum Gasteiger partial charge on any atom is 0.289 e. The monoisotopic (exact) mass is 584 g/mol. The molecule has 5 rings (SSSR count). The largest absolute Gasteiger partial charge is 0.384 e. The Morgan fingerprint density at radius 3 is 2.59 bits per heavy atom. The highest BCUT2D eigenvalue weighted by atomic mass is 35.5. The molecule has 0 bridgehead atoms. The zero-order chi connectivity index (χ0) is 29.3. The fourth-order valence-electron chi connectivity index (χ4n) is 5.74. The maximum atomic E-state index is 13.6. The summed E-state index contributed by atoms with van der Waals surface area (Å²) < 4.78 is 0. The van der Waals surface area contributed by atoms with E-state index in [2.05, 4.69) is 24.3 Å². The highest BCUT2D eigenvalue weighted by Gasteiger charge is 2.41. The van der Waals surface area contributed by atoms with E-state index in [9.17, 15) is 20.2 Å². The van der Waals surface area contributed by atoms with E-state index >= 15 is 0 Å². The van der Waals surface area contributed by atoms with Crippen molar-refractivity contribution in [2.24, 2.45) is 5.73 Å². The van der Waals surface area contributed by atoms with Crippen molar-refractivity contribution >= 4 is 40.5 Å². The first-order valence-electron chi connectivity index (χ1n) is 13.3. The van der Waals surface area contributed by atoms with Crippen molar-refractivity contribution in [1.29, 1.82) is 5.26 Å². The topological polar surface area (TPSA) is 113 Å². The third-order valence-corrected chi connectivity index (χ3v) is 9.05. The summed E-state index contributed by atoms with van der Waals surface area (Å²) in [4.78, 5) is 26.3. The van der Waals surface area contributed by atoms with Crippen molar-refractivity contribution in [1.82, 2.24) is 0 Å². The van der Waals surface area contributed by atoms with Gasteiger partial charge in [-0.15, -0.1) is 0 Å². The molecular formula is C32H29ClN4O3S. The minimum atomic E-state index is -0.612. The number of hydrogen-bond donors (Lipinski definition) is 1. The second-order valence-corrected chi connectivity index (χ2v) is 11.7. The summed E-state index contributed by atoms with van der Waals surface area (Å²) in [5.74, 6) is 1.18. The molecule has 1 aliphatic carbocycles. The molecule has 0 amide bonds. The molecule has 41 heavy (non-hydrogen) atoms. The van der Waals surface area contributed by atoms with Gasteiger partial charge in [0, 0.05) is 35.3 Å². The predicted octanol–water partition coefficient (Wildman–Crippen LogP) is 7.60. The van der Waals surface area contributed by atoms with Crippen molar-refractivity contribution in [2.45, 2.75) is 50.5 Å². The third-order valence-electron chi connectivity index (χ3n) is 7.68. The molecule has 1 unspecified atom stereocenters. The van der Waals surface area contributed by atoms with E-state index in [4.69, 9.17) is 17.3 Å². The average molecular weight is 585 g/mol. The SMILES string of the molecule is Cc1cc(CSCc2ccccc2)c(C)c(C2C(C#N)=C(N)N(c3ccc(Cl)c([N+](=O)[O-])c3)C3=C2C(=O)CCC3)c1. The fourth-order valence-corrected chi connectivity index (χ4v) is 6.98. The highest BCUT2D eigenvalue weighted by molar-refractivity contribution is 7.97. The maximum absolute atomic E-state index is 13.6. The van der Waals surface area contributed by atoms with Crippen LogP contribution in [-0.2, 0) is 16.3 Å². The number of nitriles is 1. The number of carbonyl (C=O) groups is 1. The molecule has 3 aromatic carbocycles. The van der Waals surface area contributed by atoms with Gasteiger partial charge in [-0.1, -0.05) is 59.6 Å². The summed E-state index contributed by atoms with van der Waals surface area (Å²) in [7, 11) is 0. The first-order valence-corrected chi connectivity index (χ1v) is 14.9. The molecule has 1 atom stereocenters. The lowest BCUT2D eigenvalue weighted by Crippen LogP contribution is -2.39. The van der Waals surface area contributed by atoms with E-state index in [-0.39, 0.29) is 27.9 Å². The number of ketones is 1. The molecule has 0 aromatic heterocycles. The lowest BCUT2D eigenvalue weighted by molar-refractivity contribution is -0.384. The minimum absolute atomic E-state index is 0.00123. The molecule has 2 N–H and O–H groups in total. The second kappa shape index (κ2) is 11.8. The van der Waals surface area contributed by atoms with Gasteiger partial charge >= 0.3 is 0 Å². The molecule has 0 saturated heterocycles. The lowest BCUT2D eigenvalue weighted by Gasteiger charge is -2.40. The molecule has 0 spiro atoms. The van der Waals surface area contributed by atoms with Crippen molar-refractivity contribution in [3.63, 3.8) is 0 Å². The van der Waals surface area contributed by atoms with Gasteiger partial charge in [-0.05, 0) is 61.1 Å². The number of aryl methyl sites for hydroxylation is 1. The van der Waals surface area contributed by atoms with Crippen LogP contribution in [0.1, 0.15) is 53.0 Å². The Morgan fingerprint density at radius 1 is 1.12 bits per heavy atom. The second-order valence-electron chi connectivity index (χ2n) is 10.3. The van der Waals surface area contributed by atoms with E-state index in [1.807, 2.05) is 49.9 Å². The fraction of sp³-hybridized carbons (Fsp3) is 0.250. The van der Waals surface area contributed by atoms with Crippen LogP contribution in [0.3, 0.4) is 0 Å². The number of allylic oxidation sites excluding steroid dienone is 3. The average Bonchev–Trinajstić information content (AvgIpc) is 2.95. The Kier molecular flexibility index (Phi) is 8.20. The Balaban J connectivity index is 1.61. The molecule has 3 aromatic rings. The first-order chi connectivity index (χ1) is 19.7. The van der Waals surface area contributed by atoms with Crippen LogP contribution in [0.25, 0.3) is 0 Å². The van der Waals surface area contributed by atoms with E-state index in [1.54, 1.807) is 11.0 Å². The molecule has 208 valence electrons. The van der Waals surface area contributed by atoms with E-state index in [0.29, 0.717) is 36.2 Å². The first kappa shape index (κ1) is 28.5. The van der Waals surface area contributed by atoms with Crippen LogP contribution in [0, 0.1) is 35.3 Å². The van der Waals surface area contributed by atoms with Gasteiger partial charge in [0.25, 0.3) is 5.69 Å². The molecule has 7 nitrogen and oxygen atoms in total. The van der Waals surface area contributed by atoms with Crippen LogP contribution in [0.2, 0.25) is 5.02 Å². The number of nitro groups is 1. The van der Waals surface area contributed by atoms with Crippen molar-refractivity contribution in [2.75, 3.05) is 4.90 Å². The molecular weight excluding hydrogens is 556 g/mol. The number of carbonyl (C=O) groups excluding carboxylic acids is 1. The highest BCUT2D eigenvalue weighted by Crippen LogP contribution is 2.48. The van der Waals surface area contributed by atoms with Gasteiger partial charge in [0.05, 0.1) is 28.2 Å². The van der Waals surface area contributed by atoms with E-state index in [1.165, 1.54) is 17.7 Å². The number of rotatable bonds is 7. The van der Waals surface area contributed by atoms with E-state index in [0.717, 1.165) is 33.8 Å². The number of nitrogens with zero attached hydrogens (tertiary/aromatic N) is 3. The Morgan fingerprint density at radius 2 is 1.88 bits per heavy atom. The number of nitro benzene ring substituents is 1. The Labute approximate surface area is 248 Å². The quantitative estimate of drug-likeness (QED) is 0.224. The van der Waals surface area contributed by atoms with Crippen LogP contribution in [-0.4, -0.2) is 10.7 Å². The molecule has 0 radical (unpaired) electrons.